The lowest BCUT2D eigenvalue weighted by Crippen LogP contribution is -2.50. The van der Waals surface area contributed by atoms with E-state index in [1.807, 2.05) is 19.1 Å². The van der Waals surface area contributed by atoms with Crippen LogP contribution in [0.15, 0.2) is 47.5 Å². The third-order valence-electron chi connectivity index (χ3n) is 5.92. The second kappa shape index (κ2) is 6.88. The van der Waals surface area contributed by atoms with Crippen LogP contribution in [0.25, 0.3) is 5.57 Å². The van der Waals surface area contributed by atoms with Crippen molar-refractivity contribution in [3.8, 4) is 0 Å². The first kappa shape index (κ1) is 19.7. The summed E-state index contributed by atoms with van der Waals surface area (Å²) < 4.78 is 39.9. The Kier molecular flexibility index (Phi) is 4.37. The van der Waals surface area contributed by atoms with Gasteiger partial charge < -0.3 is 10.2 Å². The number of benzene rings is 1. The number of fused-ring (bicyclic) bond motifs is 3. The molecule has 1 aromatic heterocycles. The summed E-state index contributed by atoms with van der Waals surface area (Å²) in [4.78, 5) is 31.0. The molecule has 10 heteroatoms. The van der Waals surface area contributed by atoms with Crippen LogP contribution in [-0.2, 0) is 14.8 Å². The van der Waals surface area contributed by atoms with E-state index in [-0.39, 0.29) is 22.5 Å². The summed E-state index contributed by atoms with van der Waals surface area (Å²) in [5.74, 6) is -1.04. The molecule has 8 nitrogen and oxygen atoms in total. The monoisotopic (exact) mass is 442 g/mol. The number of halogens is 1. The number of urea groups is 1. The number of rotatable bonds is 3. The molecule has 2 aromatic rings. The van der Waals surface area contributed by atoms with Crippen LogP contribution in [0, 0.1) is 18.7 Å². The van der Waals surface area contributed by atoms with Crippen molar-refractivity contribution < 1.29 is 22.4 Å². The Morgan fingerprint density at radius 1 is 1.29 bits per heavy atom. The van der Waals surface area contributed by atoms with Crippen LogP contribution >= 0.6 is 0 Å². The van der Waals surface area contributed by atoms with Gasteiger partial charge in [-0.2, -0.15) is 0 Å². The molecule has 3 aliphatic rings. The average Bonchev–Trinajstić information content (AvgIpc) is 3.33. The number of hydrogen-bond donors (Lipinski definition) is 1. The lowest BCUT2D eigenvalue weighted by Gasteiger charge is -2.33. The number of sulfonamides is 1. The topological polar surface area (TPSA) is 99.7 Å². The first-order valence-corrected chi connectivity index (χ1v) is 11.3. The van der Waals surface area contributed by atoms with Crippen LogP contribution in [0.4, 0.5) is 14.9 Å². The summed E-state index contributed by atoms with van der Waals surface area (Å²) in [6.07, 6.45) is 4.62. The van der Waals surface area contributed by atoms with Crippen LogP contribution in [0.3, 0.4) is 0 Å². The van der Waals surface area contributed by atoms with Crippen LogP contribution < -0.4 is 5.32 Å². The molecule has 1 aliphatic carbocycles. The zero-order valence-corrected chi connectivity index (χ0v) is 17.4. The Morgan fingerprint density at radius 3 is 2.84 bits per heavy atom. The third-order valence-corrected chi connectivity index (χ3v) is 7.69. The van der Waals surface area contributed by atoms with Crippen LogP contribution in [0.1, 0.15) is 17.7 Å². The van der Waals surface area contributed by atoms with Gasteiger partial charge in [0.05, 0.1) is 11.7 Å². The predicted octanol–water partition coefficient (Wildman–Crippen LogP) is 2.38. The molecule has 1 saturated heterocycles. The Bertz CT molecular complexity index is 1260. The minimum Gasteiger partial charge on any atom is -0.333 e. The largest absolute Gasteiger partial charge is 0.336 e. The normalized spacial score (nSPS) is 23.4. The van der Waals surface area contributed by atoms with Gasteiger partial charge in [-0.25, -0.2) is 21.9 Å². The number of amides is 3. The van der Waals surface area contributed by atoms with Gasteiger partial charge in [0.2, 0.25) is 5.91 Å². The molecule has 2 bridgehead atoms. The van der Waals surface area contributed by atoms with Gasteiger partial charge in [-0.1, -0.05) is 6.08 Å². The highest BCUT2D eigenvalue weighted by molar-refractivity contribution is 7.90. The first-order chi connectivity index (χ1) is 14.7. The highest BCUT2D eigenvalue weighted by Gasteiger charge is 2.44. The molecule has 2 atom stereocenters. The number of anilines is 1. The Morgan fingerprint density at radius 2 is 2.10 bits per heavy atom. The van der Waals surface area contributed by atoms with Crippen molar-refractivity contribution in [1.82, 2.24) is 14.2 Å². The Hall–Kier alpha value is -3.27. The van der Waals surface area contributed by atoms with Gasteiger partial charge in [0.15, 0.2) is 0 Å². The summed E-state index contributed by atoms with van der Waals surface area (Å²) in [7, 11) is -4.35. The molecule has 1 aromatic carbocycles. The summed E-state index contributed by atoms with van der Waals surface area (Å²) in [6.45, 7) is 1.72. The smallest absolute Gasteiger partial charge is 0.333 e. The van der Waals surface area contributed by atoms with E-state index in [0.29, 0.717) is 10.8 Å². The van der Waals surface area contributed by atoms with E-state index in [2.05, 4.69) is 16.4 Å². The fourth-order valence-electron chi connectivity index (χ4n) is 4.53. The quantitative estimate of drug-likeness (QED) is 0.787. The number of pyridine rings is 1. The molecule has 0 unspecified atom stereocenters. The summed E-state index contributed by atoms with van der Waals surface area (Å²) in [5, 5.41) is 2.42. The first-order valence-electron chi connectivity index (χ1n) is 9.81. The molecule has 1 fully saturated rings. The number of carbonyl (C=O) groups excluding carboxylic acids is 2. The van der Waals surface area contributed by atoms with Crippen molar-refractivity contribution in [2.24, 2.45) is 5.92 Å². The second-order valence-corrected chi connectivity index (χ2v) is 9.78. The van der Waals surface area contributed by atoms with Gasteiger partial charge in [0.1, 0.15) is 17.3 Å². The molecule has 160 valence electrons. The van der Waals surface area contributed by atoms with Crippen LogP contribution in [-0.4, -0.2) is 53.7 Å². The maximum absolute atomic E-state index is 13.6. The number of carbonyl (C=O) groups is 2. The highest BCUT2D eigenvalue weighted by atomic mass is 32.2. The fourth-order valence-corrected chi connectivity index (χ4v) is 5.97. The molecule has 0 spiro atoms. The highest BCUT2D eigenvalue weighted by Crippen LogP contribution is 2.42. The molecule has 0 radical (unpaired) electrons. The third kappa shape index (κ3) is 3.18. The van der Waals surface area contributed by atoms with Crippen molar-refractivity contribution >= 4 is 33.2 Å². The lowest BCUT2D eigenvalue weighted by molar-refractivity contribution is -0.131. The summed E-state index contributed by atoms with van der Waals surface area (Å²) in [6, 6.07) is 5.81. The van der Waals surface area contributed by atoms with Gasteiger partial charge in [0.25, 0.3) is 10.0 Å². The summed E-state index contributed by atoms with van der Waals surface area (Å²) >= 11 is 0. The number of likely N-dealkylation sites (tertiary alicyclic amines) is 1. The van der Waals surface area contributed by atoms with E-state index in [1.165, 1.54) is 6.07 Å². The van der Waals surface area contributed by atoms with E-state index < -0.39 is 34.3 Å². The fraction of sp³-hybridized carbons (Fsp3) is 0.286. The minimum absolute atomic E-state index is 0.00592. The van der Waals surface area contributed by atoms with E-state index in [4.69, 9.17) is 0 Å². The van der Waals surface area contributed by atoms with E-state index in [1.54, 1.807) is 11.1 Å². The van der Waals surface area contributed by atoms with Gasteiger partial charge in [-0.15, -0.1) is 0 Å². The molecular weight excluding hydrogens is 423 g/mol. The molecule has 2 aliphatic heterocycles. The van der Waals surface area contributed by atoms with E-state index >= 15 is 0 Å². The number of aromatic nitrogens is 1. The summed E-state index contributed by atoms with van der Waals surface area (Å²) in [5.41, 5.74) is 2.84. The minimum atomic E-state index is -4.35. The number of hydrogen-bond acceptors (Lipinski definition) is 5. The molecule has 5 rings (SSSR count). The van der Waals surface area contributed by atoms with Crippen molar-refractivity contribution in [1.29, 1.82) is 0 Å². The lowest BCUT2D eigenvalue weighted by atomic mass is 10.0. The number of nitrogens with one attached hydrogen (secondary N) is 1. The number of aryl methyl sites for hydroxylation is 1. The van der Waals surface area contributed by atoms with E-state index in [9.17, 15) is 22.4 Å². The molecule has 3 heterocycles. The zero-order valence-electron chi connectivity index (χ0n) is 16.6. The van der Waals surface area contributed by atoms with E-state index in [0.717, 1.165) is 35.4 Å². The van der Waals surface area contributed by atoms with Gasteiger partial charge in [-0.3, -0.25) is 9.78 Å². The van der Waals surface area contributed by atoms with Gasteiger partial charge in [0, 0.05) is 18.4 Å². The maximum Gasteiger partial charge on any atom is 0.336 e. The van der Waals surface area contributed by atoms with Crippen molar-refractivity contribution in [2.75, 3.05) is 18.4 Å². The zero-order chi connectivity index (χ0) is 21.9. The second-order valence-electron chi connectivity index (χ2n) is 7.95. The predicted molar refractivity (Wildman–Crippen MR) is 110 cm³/mol. The molecule has 1 N–H and O–H groups in total. The van der Waals surface area contributed by atoms with Crippen LogP contribution in [0.5, 0.6) is 0 Å². The number of nitrogens with zero attached hydrogens (tertiary/aromatic N) is 3. The molecule has 0 saturated carbocycles. The van der Waals surface area contributed by atoms with Crippen LogP contribution in [0.2, 0.25) is 0 Å². The molecule has 3 amide bonds. The molecular formula is C21H19FN4O4S. The van der Waals surface area contributed by atoms with Crippen molar-refractivity contribution in [3.63, 3.8) is 0 Å². The van der Waals surface area contributed by atoms with Gasteiger partial charge in [-0.05, 0) is 60.7 Å². The SMILES string of the molecule is Cc1cc(C2=C[C@@H]3C[C@H]2N(C(=O)CN2C(=O)Nc4ccc(F)cc4S2(=O)=O)C3)ccn1. The van der Waals surface area contributed by atoms with Crippen molar-refractivity contribution in [2.45, 2.75) is 24.3 Å². The molecule has 31 heavy (non-hydrogen) atoms. The maximum atomic E-state index is 13.6. The average molecular weight is 442 g/mol. The van der Waals surface area contributed by atoms with Crippen molar-refractivity contribution in [3.05, 3.63) is 59.7 Å². The van der Waals surface area contributed by atoms with Gasteiger partial charge >= 0.3 is 6.03 Å². The Labute approximate surface area is 178 Å². The standard InChI is InChI=1S/C21H19FN4O4S/c1-12-6-14(4-5-23-12)16-7-13-8-18(16)25(10-13)20(27)11-26-21(28)24-17-3-2-15(22)9-19(17)31(26,29)30/h2-7,9,13,18H,8,10-11H2,1H3,(H,24,28)/t13-,18-/m1/s1. The Balaban J connectivity index is 1.40.